The standard InChI is InChI=1S/C37H39NO10/c1-22(39)46-33-31-29-30(36(43)38(35(29)42)21-9-5-8-12-28(40)41)32(47-31)34(33)48-37(23-10-6-4-7-11-23,24-13-17-26(44-2)18-14-24)25-15-19-27(45-3)20-16-25/h4,6-7,10-11,13-20,29-34H,5,8-9,12,21H2,1-3H3,(H,40,41)/t29?,30?,31?,32?,33-,34+/m0/s1. The minimum Gasteiger partial charge on any atom is -0.497 e. The van der Waals surface area contributed by atoms with Crippen molar-refractivity contribution < 1.29 is 48.0 Å². The number of imide groups is 1. The molecule has 3 aliphatic rings. The molecule has 4 unspecified atom stereocenters. The van der Waals surface area contributed by atoms with Gasteiger partial charge in [-0.3, -0.25) is 24.1 Å². The van der Waals surface area contributed by atoms with E-state index >= 15 is 0 Å². The molecule has 3 heterocycles. The van der Waals surface area contributed by atoms with Crippen molar-refractivity contribution in [2.45, 2.75) is 62.6 Å². The Morgan fingerprint density at radius 3 is 1.77 bits per heavy atom. The van der Waals surface area contributed by atoms with Crippen LogP contribution in [0.25, 0.3) is 0 Å². The number of carbonyl (C=O) groups is 4. The zero-order valence-corrected chi connectivity index (χ0v) is 27.1. The number of hydrogen-bond acceptors (Lipinski definition) is 9. The maximum absolute atomic E-state index is 13.9. The van der Waals surface area contributed by atoms with Gasteiger partial charge in [-0.05, 0) is 53.8 Å². The fraction of sp³-hybridized carbons (Fsp3) is 0.405. The molecule has 3 saturated heterocycles. The normalized spacial score (nSPS) is 24.4. The van der Waals surface area contributed by atoms with Crippen LogP contribution in [0.2, 0.25) is 0 Å². The minimum absolute atomic E-state index is 0.0275. The van der Waals surface area contributed by atoms with Crippen molar-refractivity contribution >= 4 is 23.8 Å². The Kier molecular flexibility index (Phi) is 9.52. The number of carboxylic acids is 1. The van der Waals surface area contributed by atoms with Crippen molar-refractivity contribution in [2.75, 3.05) is 20.8 Å². The number of esters is 1. The topological polar surface area (TPSA) is 138 Å². The zero-order valence-electron chi connectivity index (χ0n) is 27.1. The highest BCUT2D eigenvalue weighted by atomic mass is 16.6. The van der Waals surface area contributed by atoms with Crippen LogP contribution in [-0.4, -0.2) is 78.9 Å². The van der Waals surface area contributed by atoms with Crippen LogP contribution < -0.4 is 9.47 Å². The fourth-order valence-corrected chi connectivity index (χ4v) is 7.39. The summed E-state index contributed by atoms with van der Waals surface area (Å²) in [5.41, 5.74) is 0.981. The number of fused-ring (bicyclic) bond motifs is 5. The van der Waals surface area contributed by atoms with Crippen molar-refractivity contribution in [3.63, 3.8) is 0 Å². The van der Waals surface area contributed by atoms with Crippen LogP contribution >= 0.6 is 0 Å². The van der Waals surface area contributed by atoms with E-state index in [1.54, 1.807) is 14.2 Å². The first kappa shape index (κ1) is 33.2. The van der Waals surface area contributed by atoms with E-state index in [0.717, 1.165) is 16.7 Å². The third-order valence-electron chi connectivity index (χ3n) is 9.54. The van der Waals surface area contributed by atoms with E-state index < -0.39 is 53.8 Å². The summed E-state index contributed by atoms with van der Waals surface area (Å²) in [4.78, 5) is 52.3. The number of carboxylic acid groups (broad SMARTS) is 1. The Balaban J connectivity index is 1.41. The van der Waals surface area contributed by atoms with Gasteiger partial charge in [-0.25, -0.2) is 0 Å². The van der Waals surface area contributed by atoms with Gasteiger partial charge in [0.25, 0.3) is 0 Å². The maximum Gasteiger partial charge on any atom is 0.303 e. The number of carbonyl (C=O) groups excluding carboxylic acids is 3. The molecular formula is C37H39NO10. The molecule has 0 aromatic heterocycles. The van der Waals surface area contributed by atoms with Crippen LogP contribution in [0.5, 0.6) is 11.5 Å². The number of aliphatic carboxylic acids is 1. The number of ether oxygens (including phenoxy) is 5. The van der Waals surface area contributed by atoms with Crippen molar-refractivity contribution in [3.05, 3.63) is 95.6 Å². The third-order valence-corrected chi connectivity index (χ3v) is 9.54. The Morgan fingerprint density at radius 2 is 1.27 bits per heavy atom. The van der Waals surface area contributed by atoms with E-state index in [-0.39, 0.29) is 24.8 Å². The van der Waals surface area contributed by atoms with Crippen LogP contribution in [0.4, 0.5) is 0 Å². The summed E-state index contributed by atoms with van der Waals surface area (Å²) < 4.78 is 30.5. The lowest BCUT2D eigenvalue weighted by Crippen LogP contribution is -2.54. The Hall–Kier alpha value is -4.74. The largest absolute Gasteiger partial charge is 0.497 e. The molecule has 0 aliphatic carbocycles. The molecular weight excluding hydrogens is 618 g/mol. The summed E-state index contributed by atoms with van der Waals surface area (Å²) >= 11 is 0. The Morgan fingerprint density at radius 1 is 0.750 bits per heavy atom. The number of benzene rings is 3. The molecule has 11 heteroatoms. The molecule has 1 N–H and O–H groups in total. The Labute approximate surface area is 278 Å². The molecule has 2 amide bonds. The molecule has 48 heavy (non-hydrogen) atoms. The molecule has 0 saturated carbocycles. The van der Waals surface area contributed by atoms with Crippen molar-refractivity contribution in [3.8, 4) is 11.5 Å². The number of unbranched alkanes of at least 4 members (excludes halogenated alkanes) is 2. The second kappa shape index (κ2) is 13.8. The lowest BCUT2D eigenvalue weighted by atomic mass is 9.76. The van der Waals surface area contributed by atoms with Gasteiger partial charge in [0, 0.05) is 19.9 Å². The van der Waals surface area contributed by atoms with E-state index in [1.165, 1.54) is 11.8 Å². The molecule has 0 radical (unpaired) electrons. The summed E-state index contributed by atoms with van der Waals surface area (Å²) in [6, 6.07) is 24.6. The van der Waals surface area contributed by atoms with Crippen molar-refractivity contribution in [1.82, 2.24) is 4.90 Å². The molecule has 0 spiro atoms. The first-order valence-corrected chi connectivity index (χ1v) is 16.1. The molecule has 2 bridgehead atoms. The molecule has 3 aromatic carbocycles. The number of nitrogens with zero attached hydrogens (tertiary/aromatic N) is 1. The lowest BCUT2D eigenvalue weighted by molar-refractivity contribution is -0.169. The minimum atomic E-state index is -1.29. The lowest BCUT2D eigenvalue weighted by Gasteiger charge is -2.42. The zero-order chi connectivity index (χ0) is 34.0. The van der Waals surface area contributed by atoms with Crippen LogP contribution in [-0.2, 0) is 39.0 Å². The van der Waals surface area contributed by atoms with E-state index in [1.807, 2.05) is 78.9 Å². The van der Waals surface area contributed by atoms with Crippen LogP contribution in [0.1, 0.15) is 49.3 Å². The summed E-state index contributed by atoms with van der Waals surface area (Å²) in [6.07, 6.45) is -2.14. The third kappa shape index (κ3) is 5.92. The van der Waals surface area contributed by atoms with Gasteiger partial charge in [-0.15, -0.1) is 0 Å². The smallest absolute Gasteiger partial charge is 0.303 e. The number of methoxy groups -OCH3 is 2. The highest BCUT2D eigenvalue weighted by Gasteiger charge is 2.71. The molecule has 252 valence electrons. The van der Waals surface area contributed by atoms with Gasteiger partial charge in [0.05, 0.1) is 26.1 Å². The SMILES string of the molecule is COc1ccc(C(O[C@@H]2C3OC(C4C(=O)N(CCCCCC(=O)O)C(=O)C43)[C@@H]2OC(C)=O)(c2ccccc2)c2ccc(OC)cc2)cc1. The predicted octanol–water partition coefficient (Wildman–Crippen LogP) is 4.34. The predicted molar refractivity (Wildman–Crippen MR) is 171 cm³/mol. The first-order chi connectivity index (χ1) is 23.2. The highest BCUT2D eigenvalue weighted by molar-refractivity contribution is 6.06. The molecule has 3 aliphatic heterocycles. The van der Waals surface area contributed by atoms with E-state index in [2.05, 4.69) is 0 Å². The van der Waals surface area contributed by atoms with Gasteiger partial charge in [0.2, 0.25) is 11.8 Å². The quantitative estimate of drug-likeness (QED) is 0.115. The van der Waals surface area contributed by atoms with Crippen LogP contribution in [0.3, 0.4) is 0 Å². The average Bonchev–Trinajstić information content (AvgIpc) is 3.72. The Bertz CT molecular complexity index is 1590. The summed E-state index contributed by atoms with van der Waals surface area (Å²) in [7, 11) is 3.18. The number of amides is 2. The van der Waals surface area contributed by atoms with Gasteiger partial charge >= 0.3 is 11.9 Å². The van der Waals surface area contributed by atoms with E-state index in [4.69, 9.17) is 28.8 Å². The van der Waals surface area contributed by atoms with Gasteiger partial charge in [-0.2, -0.15) is 0 Å². The van der Waals surface area contributed by atoms with E-state index in [9.17, 15) is 19.2 Å². The average molecular weight is 658 g/mol. The van der Waals surface area contributed by atoms with Crippen molar-refractivity contribution in [1.29, 1.82) is 0 Å². The first-order valence-electron chi connectivity index (χ1n) is 16.1. The molecule has 3 aromatic rings. The van der Waals surface area contributed by atoms with Gasteiger partial charge in [0.1, 0.15) is 35.4 Å². The van der Waals surface area contributed by atoms with E-state index in [0.29, 0.717) is 30.8 Å². The van der Waals surface area contributed by atoms with Gasteiger partial charge in [0.15, 0.2) is 6.10 Å². The fourth-order valence-electron chi connectivity index (χ4n) is 7.39. The van der Waals surface area contributed by atoms with Gasteiger partial charge in [-0.1, -0.05) is 61.0 Å². The maximum atomic E-state index is 13.9. The second-order valence-corrected chi connectivity index (χ2v) is 12.3. The van der Waals surface area contributed by atoms with Crippen LogP contribution in [0.15, 0.2) is 78.9 Å². The monoisotopic (exact) mass is 657 g/mol. The summed E-state index contributed by atoms with van der Waals surface area (Å²) in [5.74, 6) is -2.51. The summed E-state index contributed by atoms with van der Waals surface area (Å²) in [5, 5.41) is 8.95. The number of hydrogen-bond donors (Lipinski definition) is 1. The molecule has 6 rings (SSSR count). The molecule has 3 fully saturated rings. The molecule has 6 atom stereocenters. The second-order valence-electron chi connectivity index (χ2n) is 12.3. The number of rotatable bonds is 14. The summed E-state index contributed by atoms with van der Waals surface area (Å²) in [6.45, 7) is 1.47. The van der Waals surface area contributed by atoms with Crippen LogP contribution in [0, 0.1) is 11.8 Å². The highest BCUT2D eigenvalue weighted by Crippen LogP contribution is 2.54. The van der Waals surface area contributed by atoms with Crippen molar-refractivity contribution in [2.24, 2.45) is 11.8 Å². The van der Waals surface area contributed by atoms with Gasteiger partial charge < -0.3 is 28.8 Å². The molecule has 11 nitrogen and oxygen atoms in total. The number of likely N-dealkylation sites (tertiary alicyclic amines) is 1.